The molecule has 2 heterocycles. The maximum atomic E-state index is 12.2. The number of aryl methyl sites for hydroxylation is 5. The van der Waals surface area contributed by atoms with Crippen LogP contribution in [0.25, 0.3) is 0 Å². The predicted octanol–water partition coefficient (Wildman–Crippen LogP) is 7.02. The fourth-order valence-corrected chi connectivity index (χ4v) is 7.93. The van der Waals surface area contributed by atoms with Crippen molar-refractivity contribution in [2.24, 2.45) is 14.1 Å². The first-order valence-electron chi connectivity index (χ1n) is 16.3. The third kappa shape index (κ3) is 12.3. The van der Waals surface area contributed by atoms with Gasteiger partial charge in [-0.25, -0.2) is 9.36 Å². The third-order valence-electron chi connectivity index (χ3n) is 7.71. The van der Waals surface area contributed by atoms with Crippen LogP contribution < -0.4 is 11.1 Å². The number of aliphatic hydroxyl groups is 1. The van der Waals surface area contributed by atoms with E-state index in [1.807, 2.05) is 31.2 Å². The van der Waals surface area contributed by atoms with E-state index in [0.717, 1.165) is 40.8 Å². The SMILES string of the molecule is Cc1ccc(S(=O)(=O)OCCCc2ccc(CSc3cnn(C)c(=O)c3Cl)cc2)cc1.Cn1ncc(SCc2ccc(CCCO)cc2)c(Cl)c1=O. The first kappa shape index (κ1) is 41.3. The minimum Gasteiger partial charge on any atom is -0.396 e. The molecule has 0 unspecified atom stereocenters. The summed E-state index contributed by atoms with van der Waals surface area (Å²) in [5.74, 6) is 1.39. The van der Waals surface area contributed by atoms with Crippen LogP contribution in [0, 0.1) is 6.92 Å². The largest absolute Gasteiger partial charge is 0.396 e. The number of halogens is 2. The van der Waals surface area contributed by atoms with Gasteiger partial charge in [0.25, 0.3) is 21.2 Å². The molecule has 0 radical (unpaired) electrons. The molecule has 3 aromatic carbocycles. The lowest BCUT2D eigenvalue weighted by atomic mass is 10.1. The molecule has 0 atom stereocenters. The molecule has 10 nitrogen and oxygen atoms in total. The summed E-state index contributed by atoms with van der Waals surface area (Å²) in [5.41, 5.74) is 4.96. The number of rotatable bonds is 15. The average Bonchev–Trinajstić information content (AvgIpc) is 3.14. The molecule has 15 heteroatoms. The summed E-state index contributed by atoms with van der Waals surface area (Å²) in [6.07, 6.45) is 6.17. The van der Waals surface area contributed by atoms with Gasteiger partial charge < -0.3 is 5.11 Å². The lowest BCUT2D eigenvalue weighted by molar-refractivity contribution is 0.288. The number of aromatic nitrogens is 4. The summed E-state index contributed by atoms with van der Waals surface area (Å²) in [6, 6.07) is 22.9. The Kier molecular flexibility index (Phi) is 16.0. The van der Waals surface area contributed by atoms with Crippen molar-refractivity contribution in [3.63, 3.8) is 0 Å². The van der Waals surface area contributed by atoms with Crippen molar-refractivity contribution >= 4 is 56.8 Å². The van der Waals surface area contributed by atoms with E-state index in [0.29, 0.717) is 28.4 Å². The first-order chi connectivity index (χ1) is 24.9. The van der Waals surface area contributed by atoms with Gasteiger partial charge in [0, 0.05) is 32.2 Å². The summed E-state index contributed by atoms with van der Waals surface area (Å²) >= 11 is 15.1. The highest BCUT2D eigenvalue weighted by atomic mass is 35.5. The van der Waals surface area contributed by atoms with Gasteiger partial charge in [-0.05, 0) is 67.0 Å². The van der Waals surface area contributed by atoms with E-state index >= 15 is 0 Å². The van der Waals surface area contributed by atoms with Crippen molar-refractivity contribution < 1.29 is 17.7 Å². The van der Waals surface area contributed by atoms with E-state index in [2.05, 4.69) is 34.5 Å². The Morgan fingerprint density at radius 3 is 1.56 bits per heavy atom. The van der Waals surface area contributed by atoms with Gasteiger partial charge in [-0.3, -0.25) is 13.8 Å². The van der Waals surface area contributed by atoms with Gasteiger partial charge in [-0.2, -0.15) is 18.6 Å². The molecule has 0 bridgehead atoms. The van der Waals surface area contributed by atoms with Crippen molar-refractivity contribution in [2.75, 3.05) is 13.2 Å². The summed E-state index contributed by atoms with van der Waals surface area (Å²) in [7, 11) is -0.587. The average molecular weight is 804 g/mol. The topological polar surface area (TPSA) is 133 Å². The number of nitrogens with zero attached hydrogens (tertiary/aromatic N) is 4. The van der Waals surface area contributed by atoms with E-state index in [1.165, 1.54) is 38.5 Å². The molecule has 0 spiro atoms. The summed E-state index contributed by atoms with van der Waals surface area (Å²) < 4.78 is 32.0. The van der Waals surface area contributed by atoms with E-state index in [1.54, 1.807) is 50.8 Å². The molecule has 0 amide bonds. The Hall–Kier alpha value is -3.43. The molecule has 5 aromatic rings. The second kappa shape index (κ2) is 20.1. The monoisotopic (exact) mass is 802 g/mol. The highest BCUT2D eigenvalue weighted by Gasteiger charge is 2.14. The number of hydrogen-bond donors (Lipinski definition) is 1. The van der Waals surface area contributed by atoms with Gasteiger partial charge in [0.2, 0.25) is 0 Å². The number of benzene rings is 3. The summed E-state index contributed by atoms with van der Waals surface area (Å²) in [5, 5.41) is 17.2. The van der Waals surface area contributed by atoms with Crippen LogP contribution in [0.15, 0.2) is 109 Å². The van der Waals surface area contributed by atoms with Gasteiger partial charge in [0.15, 0.2) is 0 Å². The van der Waals surface area contributed by atoms with Crippen molar-refractivity contribution in [3.8, 4) is 0 Å². The van der Waals surface area contributed by atoms with Crippen LogP contribution in [0.1, 0.15) is 40.7 Å². The Balaban J connectivity index is 0.000000251. The van der Waals surface area contributed by atoms with E-state index in [9.17, 15) is 18.0 Å². The van der Waals surface area contributed by atoms with Gasteiger partial charge in [0.05, 0.1) is 33.7 Å². The Bertz CT molecular complexity index is 2140. The van der Waals surface area contributed by atoms with Crippen LogP contribution in [0.5, 0.6) is 0 Å². The molecule has 0 aliphatic heterocycles. The van der Waals surface area contributed by atoms with E-state index in [-0.39, 0.29) is 39.3 Å². The van der Waals surface area contributed by atoms with Crippen molar-refractivity contribution in [2.45, 2.75) is 58.8 Å². The molecule has 0 saturated heterocycles. The number of hydrogen-bond acceptors (Lipinski definition) is 10. The molecular formula is C37H40Cl2N4O6S3. The Morgan fingerprint density at radius 2 is 1.12 bits per heavy atom. The standard InChI is InChI=1S/C22H23ClN2O4S2.C15H17ClN2O2S/c1-16-5-11-19(12-6-16)31(27,28)29-13-3-4-17-7-9-18(10-8-17)15-30-20-14-24-25(2)22(26)21(20)23;1-18-15(20)14(16)13(9-17-18)21-10-12-6-4-11(5-7-12)3-2-8-19/h5-12,14H,3-4,13,15H2,1-2H3;4-7,9,19H,2-3,8,10H2,1H3. The van der Waals surface area contributed by atoms with Gasteiger partial charge in [-0.1, -0.05) is 89.4 Å². The molecule has 1 N–H and O–H groups in total. The van der Waals surface area contributed by atoms with Crippen LogP contribution in [0.3, 0.4) is 0 Å². The summed E-state index contributed by atoms with van der Waals surface area (Å²) in [4.78, 5) is 25.0. The lowest BCUT2D eigenvalue weighted by Gasteiger charge is -2.07. The first-order valence-corrected chi connectivity index (χ1v) is 20.4. The minimum atomic E-state index is -3.72. The van der Waals surface area contributed by atoms with Crippen molar-refractivity contribution in [1.82, 2.24) is 19.6 Å². The van der Waals surface area contributed by atoms with Gasteiger partial charge in [0.1, 0.15) is 10.0 Å². The fourth-order valence-electron chi connectivity index (χ4n) is 4.62. The van der Waals surface area contributed by atoms with Gasteiger partial charge >= 0.3 is 0 Å². The van der Waals surface area contributed by atoms with Crippen LogP contribution >= 0.6 is 46.7 Å². The molecule has 2 aromatic heterocycles. The van der Waals surface area contributed by atoms with Crippen LogP contribution in [0.2, 0.25) is 10.0 Å². The molecule has 0 aliphatic rings. The number of thioether (sulfide) groups is 2. The molecule has 276 valence electrons. The summed E-state index contributed by atoms with van der Waals surface area (Å²) in [6.45, 7) is 2.24. The highest BCUT2D eigenvalue weighted by molar-refractivity contribution is 7.98. The smallest absolute Gasteiger partial charge is 0.296 e. The zero-order chi connectivity index (χ0) is 37.7. The zero-order valence-corrected chi connectivity index (χ0v) is 33.0. The van der Waals surface area contributed by atoms with Gasteiger partial charge in [-0.15, -0.1) is 23.5 Å². The zero-order valence-electron chi connectivity index (χ0n) is 29.0. The highest BCUT2D eigenvalue weighted by Crippen LogP contribution is 2.28. The van der Waals surface area contributed by atoms with E-state index in [4.69, 9.17) is 32.5 Å². The maximum absolute atomic E-state index is 12.2. The Labute approximate surface area is 322 Å². The second-order valence-corrected chi connectivity index (χ2v) is 16.1. The molecule has 0 fully saturated rings. The van der Waals surface area contributed by atoms with E-state index < -0.39 is 10.1 Å². The van der Waals surface area contributed by atoms with Crippen LogP contribution in [0.4, 0.5) is 0 Å². The lowest BCUT2D eigenvalue weighted by Crippen LogP contribution is -2.19. The molecule has 0 saturated carbocycles. The minimum absolute atomic E-state index is 0.127. The molecule has 52 heavy (non-hydrogen) atoms. The molecule has 0 aliphatic carbocycles. The predicted molar refractivity (Wildman–Crippen MR) is 209 cm³/mol. The normalized spacial score (nSPS) is 11.3. The quantitative estimate of drug-likeness (QED) is 0.0669. The van der Waals surface area contributed by atoms with Crippen LogP contribution in [-0.2, 0) is 52.7 Å². The molecule has 5 rings (SSSR count). The Morgan fingerprint density at radius 1 is 0.692 bits per heavy atom. The maximum Gasteiger partial charge on any atom is 0.296 e. The molecular weight excluding hydrogens is 764 g/mol. The van der Waals surface area contributed by atoms with Crippen LogP contribution in [-0.4, -0.2) is 46.3 Å². The number of aliphatic hydroxyl groups excluding tert-OH is 1. The fraction of sp³-hybridized carbons (Fsp3) is 0.297. The van der Waals surface area contributed by atoms with Crippen molar-refractivity contribution in [3.05, 3.63) is 144 Å². The van der Waals surface area contributed by atoms with Crippen molar-refractivity contribution in [1.29, 1.82) is 0 Å². The second-order valence-electron chi connectivity index (χ2n) is 11.7. The third-order valence-corrected chi connectivity index (χ3v) is 12.2.